The number of amides is 4. The summed E-state index contributed by atoms with van der Waals surface area (Å²) in [4.78, 5) is 39.4. The number of benzene rings is 2. The van der Waals surface area contributed by atoms with Crippen molar-refractivity contribution < 1.29 is 23.9 Å². The molecular formula is C24H25N3O5. The fraction of sp³-hybridized carbons (Fsp3) is 0.375. The average Bonchev–Trinajstić information content (AvgIpc) is 3.32. The molecule has 2 N–H and O–H groups in total. The maximum Gasteiger partial charge on any atom is 0.325 e. The van der Waals surface area contributed by atoms with Crippen LogP contribution in [0, 0.1) is 0 Å². The zero-order valence-electron chi connectivity index (χ0n) is 17.8. The van der Waals surface area contributed by atoms with Crippen LogP contribution in [0.1, 0.15) is 42.5 Å². The SMILES string of the molecule is C[C@@]1(Cc2ccc3c(c2)OCO3)NC(=O)N(CC(=O)N[C@H]2CCCc3ccccc32)C1=O. The zero-order valence-corrected chi connectivity index (χ0v) is 17.8. The number of ether oxygens (including phenoxy) is 2. The summed E-state index contributed by atoms with van der Waals surface area (Å²) in [5.74, 6) is 0.511. The maximum absolute atomic E-state index is 13.1. The number of aryl methyl sites for hydroxylation is 1. The summed E-state index contributed by atoms with van der Waals surface area (Å²) in [6, 6.07) is 12.8. The van der Waals surface area contributed by atoms with Crippen molar-refractivity contribution in [1.29, 1.82) is 0 Å². The Morgan fingerprint density at radius 3 is 2.88 bits per heavy atom. The molecular weight excluding hydrogens is 410 g/mol. The molecule has 0 saturated carbocycles. The molecule has 0 aromatic heterocycles. The zero-order chi connectivity index (χ0) is 22.3. The van der Waals surface area contributed by atoms with E-state index in [0.29, 0.717) is 11.5 Å². The van der Waals surface area contributed by atoms with Crippen LogP contribution in [0.5, 0.6) is 11.5 Å². The van der Waals surface area contributed by atoms with Crippen LogP contribution in [-0.4, -0.2) is 41.6 Å². The third-order valence-electron chi connectivity index (χ3n) is 6.35. The maximum atomic E-state index is 13.1. The van der Waals surface area contributed by atoms with Crippen LogP contribution in [0.15, 0.2) is 42.5 Å². The molecule has 5 rings (SSSR count). The number of nitrogens with zero attached hydrogens (tertiary/aromatic N) is 1. The van der Waals surface area contributed by atoms with E-state index in [4.69, 9.17) is 9.47 Å². The molecule has 166 valence electrons. The standard InChI is InChI=1S/C24H25N3O5/c1-24(12-15-9-10-19-20(11-15)32-14-31-19)22(29)27(23(30)26-24)13-21(28)25-18-8-4-6-16-5-2-3-7-17(16)18/h2-3,5,7,9-11,18H,4,6,8,12-14H2,1H3,(H,25,28)(H,26,30)/t18-,24-/m0/s1. The molecule has 1 fully saturated rings. The van der Waals surface area contributed by atoms with Gasteiger partial charge in [0, 0.05) is 6.42 Å². The number of fused-ring (bicyclic) bond motifs is 2. The molecule has 1 aliphatic carbocycles. The van der Waals surface area contributed by atoms with Gasteiger partial charge in [0.2, 0.25) is 12.7 Å². The molecule has 3 aliphatic rings. The normalized spacial score (nSPS) is 23.7. The van der Waals surface area contributed by atoms with Gasteiger partial charge in [-0.05, 0) is 55.0 Å². The van der Waals surface area contributed by atoms with E-state index >= 15 is 0 Å². The molecule has 8 nitrogen and oxygen atoms in total. The van der Waals surface area contributed by atoms with Crippen LogP contribution in [-0.2, 0) is 22.4 Å². The molecule has 2 aliphatic heterocycles. The smallest absolute Gasteiger partial charge is 0.325 e. The molecule has 32 heavy (non-hydrogen) atoms. The summed E-state index contributed by atoms with van der Waals surface area (Å²) >= 11 is 0. The van der Waals surface area contributed by atoms with Crippen LogP contribution in [0.2, 0.25) is 0 Å². The van der Waals surface area contributed by atoms with Gasteiger partial charge in [0.1, 0.15) is 12.1 Å². The molecule has 8 heteroatoms. The lowest BCUT2D eigenvalue weighted by atomic mass is 9.88. The molecule has 4 amide bonds. The summed E-state index contributed by atoms with van der Waals surface area (Å²) in [5.41, 5.74) is 2.03. The number of carbonyl (C=O) groups excluding carboxylic acids is 3. The molecule has 0 bridgehead atoms. The van der Waals surface area contributed by atoms with Crippen molar-refractivity contribution in [1.82, 2.24) is 15.5 Å². The van der Waals surface area contributed by atoms with Gasteiger partial charge in [-0.15, -0.1) is 0 Å². The second-order valence-electron chi connectivity index (χ2n) is 8.73. The van der Waals surface area contributed by atoms with Gasteiger partial charge in [0.15, 0.2) is 11.5 Å². The number of nitrogens with one attached hydrogen (secondary N) is 2. The van der Waals surface area contributed by atoms with E-state index in [1.54, 1.807) is 13.0 Å². The molecule has 2 aromatic rings. The summed E-state index contributed by atoms with van der Waals surface area (Å²) in [7, 11) is 0. The highest BCUT2D eigenvalue weighted by atomic mass is 16.7. The van der Waals surface area contributed by atoms with Gasteiger partial charge in [0.25, 0.3) is 5.91 Å². The van der Waals surface area contributed by atoms with Gasteiger partial charge >= 0.3 is 6.03 Å². The number of hydrogen-bond acceptors (Lipinski definition) is 5. The predicted octanol–water partition coefficient (Wildman–Crippen LogP) is 2.46. The molecule has 2 aromatic carbocycles. The van der Waals surface area contributed by atoms with Crippen LogP contribution < -0.4 is 20.1 Å². The summed E-state index contributed by atoms with van der Waals surface area (Å²) < 4.78 is 10.7. The lowest BCUT2D eigenvalue weighted by molar-refractivity contribution is -0.134. The number of hydrogen-bond donors (Lipinski definition) is 2. The van der Waals surface area contributed by atoms with Crippen molar-refractivity contribution >= 4 is 17.8 Å². The van der Waals surface area contributed by atoms with Crippen LogP contribution in [0.4, 0.5) is 4.79 Å². The van der Waals surface area contributed by atoms with E-state index in [9.17, 15) is 14.4 Å². The van der Waals surface area contributed by atoms with E-state index in [1.165, 1.54) is 5.56 Å². The predicted molar refractivity (Wildman–Crippen MR) is 115 cm³/mol. The summed E-state index contributed by atoms with van der Waals surface area (Å²) in [5, 5.41) is 5.76. The first-order chi connectivity index (χ1) is 15.4. The van der Waals surface area contributed by atoms with Crippen LogP contribution >= 0.6 is 0 Å². The molecule has 0 radical (unpaired) electrons. The Balaban J connectivity index is 1.25. The lowest BCUT2D eigenvalue weighted by Crippen LogP contribution is -2.47. The number of imide groups is 1. The van der Waals surface area contributed by atoms with Gasteiger partial charge in [-0.2, -0.15) is 0 Å². The Morgan fingerprint density at radius 2 is 2.00 bits per heavy atom. The fourth-order valence-electron chi connectivity index (χ4n) is 4.76. The third kappa shape index (κ3) is 3.66. The second kappa shape index (κ2) is 7.85. The molecule has 2 atom stereocenters. The number of urea groups is 1. The van der Waals surface area contributed by atoms with E-state index in [1.807, 2.05) is 30.3 Å². The van der Waals surface area contributed by atoms with Crippen molar-refractivity contribution in [3.8, 4) is 11.5 Å². The third-order valence-corrected chi connectivity index (χ3v) is 6.35. The number of rotatable bonds is 5. The van der Waals surface area contributed by atoms with Gasteiger partial charge < -0.3 is 20.1 Å². The minimum absolute atomic E-state index is 0.103. The largest absolute Gasteiger partial charge is 0.454 e. The average molecular weight is 435 g/mol. The Hall–Kier alpha value is -3.55. The van der Waals surface area contributed by atoms with Crippen LogP contribution in [0.25, 0.3) is 0 Å². The minimum Gasteiger partial charge on any atom is -0.454 e. The van der Waals surface area contributed by atoms with Gasteiger partial charge in [-0.3, -0.25) is 14.5 Å². The van der Waals surface area contributed by atoms with Gasteiger partial charge in [-0.25, -0.2) is 4.79 Å². The Bertz CT molecular complexity index is 1100. The van der Waals surface area contributed by atoms with Gasteiger partial charge in [0.05, 0.1) is 6.04 Å². The first kappa shape index (κ1) is 20.4. The second-order valence-corrected chi connectivity index (χ2v) is 8.73. The highest BCUT2D eigenvalue weighted by Gasteiger charge is 2.48. The quantitative estimate of drug-likeness (QED) is 0.704. The highest BCUT2D eigenvalue weighted by Crippen LogP contribution is 2.34. The summed E-state index contributed by atoms with van der Waals surface area (Å²) in [6.45, 7) is 1.53. The fourth-order valence-corrected chi connectivity index (χ4v) is 4.76. The summed E-state index contributed by atoms with van der Waals surface area (Å²) in [6.07, 6.45) is 3.10. The first-order valence-electron chi connectivity index (χ1n) is 10.8. The monoisotopic (exact) mass is 435 g/mol. The van der Waals surface area contributed by atoms with E-state index in [0.717, 1.165) is 35.3 Å². The van der Waals surface area contributed by atoms with E-state index in [2.05, 4.69) is 16.7 Å². The van der Waals surface area contributed by atoms with Gasteiger partial charge in [-0.1, -0.05) is 30.3 Å². The van der Waals surface area contributed by atoms with E-state index in [-0.39, 0.29) is 31.7 Å². The Kier molecular flexibility index (Phi) is 5.00. The molecule has 2 heterocycles. The minimum atomic E-state index is -1.14. The topological polar surface area (TPSA) is 97.0 Å². The lowest BCUT2D eigenvalue weighted by Gasteiger charge is -2.27. The van der Waals surface area contributed by atoms with E-state index < -0.39 is 17.5 Å². The van der Waals surface area contributed by atoms with Crippen molar-refractivity contribution in [2.24, 2.45) is 0 Å². The molecule has 1 saturated heterocycles. The first-order valence-corrected chi connectivity index (χ1v) is 10.8. The number of carbonyl (C=O) groups is 3. The van der Waals surface area contributed by atoms with Crippen molar-refractivity contribution in [3.63, 3.8) is 0 Å². The Morgan fingerprint density at radius 1 is 1.19 bits per heavy atom. The molecule has 0 unspecified atom stereocenters. The highest BCUT2D eigenvalue weighted by molar-refractivity contribution is 6.09. The van der Waals surface area contributed by atoms with Crippen molar-refractivity contribution in [2.45, 2.75) is 44.2 Å². The van der Waals surface area contributed by atoms with Crippen molar-refractivity contribution in [3.05, 3.63) is 59.2 Å². The molecule has 0 spiro atoms. The van der Waals surface area contributed by atoms with Crippen LogP contribution in [0.3, 0.4) is 0 Å². The Labute approximate surface area is 185 Å². The van der Waals surface area contributed by atoms with Crippen molar-refractivity contribution in [2.75, 3.05) is 13.3 Å².